The fourth-order valence-corrected chi connectivity index (χ4v) is 5.84. The molecule has 0 atom stereocenters. The number of thiocarbonyl (C=S) groups is 1. The summed E-state index contributed by atoms with van der Waals surface area (Å²) in [6, 6.07) is 15.8. The highest BCUT2D eigenvalue weighted by Gasteiger charge is 2.34. The van der Waals surface area contributed by atoms with Crippen LogP contribution in [0.2, 0.25) is 0 Å². The lowest BCUT2D eigenvalue weighted by Gasteiger charge is -2.37. The second kappa shape index (κ2) is 9.23. The molecule has 2 aromatic heterocycles. The molecule has 7 nitrogen and oxygen atoms in total. The Kier molecular flexibility index (Phi) is 6.14. The molecule has 34 heavy (non-hydrogen) atoms. The van der Waals surface area contributed by atoms with Gasteiger partial charge >= 0.3 is 0 Å². The van der Waals surface area contributed by atoms with E-state index in [1.165, 1.54) is 21.8 Å². The molecule has 2 aliphatic rings. The SMILES string of the molecule is CC(C)N1C(=O)/C(=C/c2c(N3CCN(c4ccccc4)CC3)nc3ccccn3c2=O)SC1=S. The van der Waals surface area contributed by atoms with Crippen LogP contribution in [-0.2, 0) is 4.79 Å². The summed E-state index contributed by atoms with van der Waals surface area (Å²) in [5.74, 6) is 0.445. The lowest BCUT2D eigenvalue weighted by atomic mass is 10.2. The number of hydrogen-bond acceptors (Lipinski definition) is 7. The Morgan fingerprint density at radius 3 is 2.32 bits per heavy atom. The van der Waals surface area contributed by atoms with Gasteiger partial charge in [0.25, 0.3) is 11.5 Å². The smallest absolute Gasteiger partial charge is 0.267 e. The van der Waals surface area contributed by atoms with Crippen molar-refractivity contribution in [1.82, 2.24) is 14.3 Å². The zero-order valence-corrected chi connectivity index (χ0v) is 20.7. The van der Waals surface area contributed by atoms with Crippen molar-refractivity contribution >= 4 is 57.4 Å². The Balaban J connectivity index is 1.54. The monoisotopic (exact) mass is 491 g/mol. The third-order valence-electron chi connectivity index (χ3n) is 6.06. The molecule has 2 fully saturated rings. The maximum absolute atomic E-state index is 13.5. The number of amides is 1. The summed E-state index contributed by atoms with van der Waals surface area (Å²) < 4.78 is 2.04. The van der Waals surface area contributed by atoms with Gasteiger partial charge in [0.2, 0.25) is 0 Å². The first-order chi connectivity index (χ1) is 16.4. The number of thioether (sulfide) groups is 1. The summed E-state index contributed by atoms with van der Waals surface area (Å²) in [7, 11) is 0. The standard InChI is InChI=1S/C25H25N5O2S2/c1-17(2)30-24(32)20(34-25(30)33)16-19-22(26-21-10-6-7-11-29(21)23(19)31)28-14-12-27(13-15-28)18-8-4-3-5-9-18/h3-11,16-17H,12-15H2,1-2H3/b20-16-. The van der Waals surface area contributed by atoms with Gasteiger partial charge in [-0.2, -0.15) is 0 Å². The predicted octanol–water partition coefficient (Wildman–Crippen LogP) is 3.63. The molecule has 1 aromatic carbocycles. The first-order valence-electron chi connectivity index (χ1n) is 11.3. The van der Waals surface area contributed by atoms with Crippen LogP contribution in [0.1, 0.15) is 19.4 Å². The van der Waals surface area contributed by atoms with Crippen LogP contribution in [0, 0.1) is 0 Å². The van der Waals surface area contributed by atoms with Gasteiger partial charge in [0, 0.05) is 44.1 Å². The molecule has 3 aromatic rings. The Morgan fingerprint density at radius 1 is 0.971 bits per heavy atom. The van der Waals surface area contributed by atoms with Gasteiger partial charge in [-0.3, -0.25) is 18.9 Å². The first-order valence-corrected chi connectivity index (χ1v) is 12.5. The zero-order chi connectivity index (χ0) is 23.8. The van der Waals surface area contributed by atoms with Crippen LogP contribution in [0.3, 0.4) is 0 Å². The molecule has 0 spiro atoms. The highest BCUT2D eigenvalue weighted by Crippen LogP contribution is 2.34. The fraction of sp³-hybridized carbons (Fsp3) is 0.280. The van der Waals surface area contributed by atoms with Gasteiger partial charge in [-0.25, -0.2) is 4.98 Å². The molecule has 0 saturated carbocycles. The lowest BCUT2D eigenvalue weighted by molar-refractivity contribution is -0.123. The number of nitrogens with zero attached hydrogens (tertiary/aromatic N) is 5. The van der Waals surface area contributed by atoms with Crippen LogP contribution in [0.25, 0.3) is 11.7 Å². The van der Waals surface area contributed by atoms with Crippen molar-refractivity contribution in [3.63, 3.8) is 0 Å². The Morgan fingerprint density at radius 2 is 1.65 bits per heavy atom. The molecule has 4 heterocycles. The van der Waals surface area contributed by atoms with Crippen molar-refractivity contribution in [2.24, 2.45) is 0 Å². The highest BCUT2D eigenvalue weighted by atomic mass is 32.2. The van der Waals surface area contributed by atoms with Crippen molar-refractivity contribution in [1.29, 1.82) is 0 Å². The maximum atomic E-state index is 13.5. The number of benzene rings is 1. The number of hydrogen-bond donors (Lipinski definition) is 0. The molecule has 0 aliphatic carbocycles. The van der Waals surface area contributed by atoms with Crippen LogP contribution in [0.15, 0.2) is 64.4 Å². The zero-order valence-electron chi connectivity index (χ0n) is 19.0. The van der Waals surface area contributed by atoms with E-state index in [-0.39, 0.29) is 17.5 Å². The van der Waals surface area contributed by atoms with Crippen molar-refractivity contribution in [3.05, 3.63) is 75.6 Å². The Bertz CT molecular complexity index is 1340. The molecule has 2 aliphatic heterocycles. The Labute approximate surface area is 207 Å². The van der Waals surface area contributed by atoms with E-state index in [4.69, 9.17) is 17.2 Å². The number of carbonyl (C=O) groups excluding carboxylic acids is 1. The number of piperazine rings is 1. The van der Waals surface area contributed by atoms with Crippen molar-refractivity contribution in [2.75, 3.05) is 36.0 Å². The van der Waals surface area contributed by atoms with E-state index in [0.717, 1.165) is 26.2 Å². The molecular formula is C25H25N5O2S2. The number of para-hydroxylation sites is 1. The molecule has 174 valence electrons. The first kappa shape index (κ1) is 22.6. The van der Waals surface area contributed by atoms with Crippen molar-refractivity contribution < 1.29 is 4.79 Å². The number of carbonyl (C=O) groups is 1. The van der Waals surface area contributed by atoms with Crippen molar-refractivity contribution in [3.8, 4) is 0 Å². The minimum atomic E-state index is -0.194. The van der Waals surface area contributed by atoms with E-state index in [1.807, 2.05) is 44.2 Å². The van der Waals surface area contributed by atoms with Gasteiger partial charge in [-0.15, -0.1) is 0 Å². The van der Waals surface area contributed by atoms with E-state index < -0.39 is 0 Å². The predicted molar refractivity (Wildman–Crippen MR) is 142 cm³/mol. The number of fused-ring (bicyclic) bond motifs is 1. The summed E-state index contributed by atoms with van der Waals surface area (Å²) in [6.45, 7) is 6.93. The van der Waals surface area contributed by atoms with Gasteiger partial charge in [0.05, 0.1) is 10.5 Å². The number of aromatic nitrogens is 2. The molecule has 1 amide bonds. The maximum Gasteiger partial charge on any atom is 0.267 e. The van der Waals surface area contributed by atoms with E-state index in [1.54, 1.807) is 23.2 Å². The summed E-state index contributed by atoms with van der Waals surface area (Å²) in [5.41, 5.74) is 1.99. The van der Waals surface area contributed by atoms with Gasteiger partial charge in [-0.1, -0.05) is 48.2 Å². The average molecular weight is 492 g/mol. The van der Waals surface area contributed by atoms with Gasteiger partial charge in [0.15, 0.2) is 0 Å². The van der Waals surface area contributed by atoms with E-state index in [2.05, 4.69) is 21.9 Å². The second-order valence-corrected chi connectivity index (χ2v) is 10.2. The lowest BCUT2D eigenvalue weighted by Crippen LogP contribution is -2.47. The molecule has 9 heteroatoms. The molecule has 0 unspecified atom stereocenters. The minimum Gasteiger partial charge on any atom is -0.368 e. The third-order valence-corrected chi connectivity index (χ3v) is 7.40. The fourth-order valence-electron chi connectivity index (χ4n) is 4.33. The van der Waals surface area contributed by atoms with Gasteiger partial charge in [0.1, 0.15) is 15.8 Å². The molecule has 0 bridgehead atoms. The van der Waals surface area contributed by atoms with E-state index in [0.29, 0.717) is 26.3 Å². The molecule has 2 saturated heterocycles. The molecule has 5 rings (SSSR count). The van der Waals surface area contributed by atoms with E-state index in [9.17, 15) is 9.59 Å². The van der Waals surface area contributed by atoms with Crippen LogP contribution < -0.4 is 15.4 Å². The largest absolute Gasteiger partial charge is 0.368 e. The van der Waals surface area contributed by atoms with Crippen molar-refractivity contribution in [2.45, 2.75) is 19.9 Å². The highest BCUT2D eigenvalue weighted by molar-refractivity contribution is 8.26. The quantitative estimate of drug-likeness (QED) is 0.408. The normalized spacial score (nSPS) is 18.1. The van der Waals surface area contributed by atoms with Gasteiger partial charge in [-0.05, 0) is 44.2 Å². The third kappa shape index (κ3) is 4.10. The topological polar surface area (TPSA) is 61.2 Å². The molecule has 0 N–H and O–H groups in total. The van der Waals surface area contributed by atoms with Crippen LogP contribution in [0.4, 0.5) is 11.5 Å². The summed E-state index contributed by atoms with van der Waals surface area (Å²) in [5, 5.41) is 0. The number of anilines is 2. The van der Waals surface area contributed by atoms with Crippen LogP contribution in [-0.4, -0.2) is 56.7 Å². The average Bonchev–Trinajstić information content (AvgIpc) is 3.14. The molecular weight excluding hydrogens is 466 g/mol. The van der Waals surface area contributed by atoms with Crippen LogP contribution in [0.5, 0.6) is 0 Å². The molecule has 0 radical (unpaired) electrons. The van der Waals surface area contributed by atoms with E-state index >= 15 is 0 Å². The minimum absolute atomic E-state index is 0.0419. The van der Waals surface area contributed by atoms with Crippen LogP contribution >= 0.6 is 24.0 Å². The summed E-state index contributed by atoms with van der Waals surface area (Å²) in [6.07, 6.45) is 3.38. The second-order valence-electron chi connectivity index (χ2n) is 8.54. The number of rotatable bonds is 4. The summed E-state index contributed by atoms with van der Waals surface area (Å²) in [4.78, 5) is 37.9. The summed E-state index contributed by atoms with van der Waals surface area (Å²) >= 11 is 6.66. The Hall–Kier alpha value is -3.17. The number of pyridine rings is 1. The van der Waals surface area contributed by atoms with Gasteiger partial charge < -0.3 is 9.80 Å².